The van der Waals surface area contributed by atoms with Gasteiger partial charge >= 0.3 is 0 Å². The van der Waals surface area contributed by atoms with Gasteiger partial charge in [-0.15, -0.1) is 0 Å². The van der Waals surface area contributed by atoms with Crippen LogP contribution >= 0.6 is 23.8 Å². The van der Waals surface area contributed by atoms with E-state index in [4.69, 9.17) is 28.3 Å². The van der Waals surface area contributed by atoms with Crippen LogP contribution in [0.1, 0.15) is 0 Å². The Bertz CT molecular complexity index is 445. The Labute approximate surface area is 72.7 Å². The summed E-state index contributed by atoms with van der Waals surface area (Å²) in [5.74, 6) is 0. The molecule has 0 fully saturated rings. The van der Waals surface area contributed by atoms with Gasteiger partial charge in [0.05, 0.1) is 5.39 Å². The molecule has 2 rings (SSSR count). The summed E-state index contributed by atoms with van der Waals surface area (Å²) in [5, 5.41) is 4.13. The predicted octanol–water partition coefficient (Wildman–Crippen LogP) is 3.14. The molecule has 0 radical (unpaired) electrons. The van der Waals surface area contributed by atoms with E-state index >= 15 is 0 Å². The summed E-state index contributed by atoms with van der Waals surface area (Å²) in [6.07, 6.45) is 0. The molecule has 1 aromatic carbocycles. The van der Waals surface area contributed by atoms with Gasteiger partial charge in [0.1, 0.15) is 4.64 Å². The van der Waals surface area contributed by atoms with E-state index in [-0.39, 0.29) is 0 Å². The van der Waals surface area contributed by atoms with Gasteiger partial charge in [-0.1, -0.05) is 23.8 Å². The van der Waals surface area contributed by atoms with Crippen LogP contribution in [0.2, 0.25) is 5.02 Å². The van der Waals surface area contributed by atoms with Gasteiger partial charge in [-0.3, -0.25) is 0 Å². The maximum absolute atomic E-state index is 5.72. The first-order chi connectivity index (χ1) is 5.27. The molecule has 2 aromatic rings. The number of H-pyrrole nitrogens is 1. The Morgan fingerprint density at radius 2 is 2.27 bits per heavy atom. The van der Waals surface area contributed by atoms with Crippen molar-refractivity contribution in [1.29, 1.82) is 0 Å². The third-order valence-electron chi connectivity index (χ3n) is 1.44. The molecule has 2 nitrogen and oxygen atoms in total. The molecule has 1 heterocycles. The van der Waals surface area contributed by atoms with Crippen molar-refractivity contribution < 1.29 is 4.52 Å². The maximum atomic E-state index is 5.72. The average molecular weight is 186 g/mol. The highest BCUT2D eigenvalue weighted by Crippen LogP contribution is 2.19. The molecule has 1 aromatic heterocycles. The summed E-state index contributed by atoms with van der Waals surface area (Å²) in [7, 11) is 0. The van der Waals surface area contributed by atoms with Crippen LogP contribution in [0.15, 0.2) is 22.7 Å². The zero-order chi connectivity index (χ0) is 7.84. The molecule has 0 saturated heterocycles. The van der Waals surface area contributed by atoms with Crippen molar-refractivity contribution in [3.63, 3.8) is 0 Å². The second kappa shape index (κ2) is 2.36. The fourth-order valence-electron chi connectivity index (χ4n) is 0.925. The van der Waals surface area contributed by atoms with Crippen molar-refractivity contribution in [3.8, 4) is 0 Å². The van der Waals surface area contributed by atoms with Crippen LogP contribution in [0.25, 0.3) is 11.0 Å². The van der Waals surface area contributed by atoms with E-state index < -0.39 is 0 Å². The van der Waals surface area contributed by atoms with Crippen molar-refractivity contribution in [2.75, 3.05) is 0 Å². The normalized spacial score (nSPS) is 10.6. The zero-order valence-corrected chi connectivity index (χ0v) is 7.00. The van der Waals surface area contributed by atoms with E-state index in [2.05, 4.69) is 5.16 Å². The van der Waals surface area contributed by atoms with Gasteiger partial charge in [0.15, 0.2) is 5.58 Å². The molecule has 0 aliphatic heterocycles. The van der Waals surface area contributed by atoms with Crippen LogP contribution in [0.5, 0.6) is 0 Å². The molecule has 0 saturated carbocycles. The average Bonchev–Trinajstić information content (AvgIpc) is 2.32. The van der Waals surface area contributed by atoms with Crippen molar-refractivity contribution in [1.82, 2.24) is 5.16 Å². The molecule has 4 heteroatoms. The Kier molecular flexibility index (Phi) is 1.47. The van der Waals surface area contributed by atoms with Crippen LogP contribution < -0.4 is 0 Å². The summed E-state index contributed by atoms with van der Waals surface area (Å²) >= 11 is 10.7. The molecule has 0 unspecified atom stereocenters. The van der Waals surface area contributed by atoms with Crippen LogP contribution in [0.3, 0.4) is 0 Å². The van der Waals surface area contributed by atoms with E-state index in [1.165, 1.54) is 0 Å². The third-order valence-corrected chi connectivity index (χ3v) is 1.98. The van der Waals surface area contributed by atoms with E-state index in [9.17, 15) is 0 Å². The number of halogens is 1. The molecule has 0 spiro atoms. The Hall–Kier alpha value is -0.800. The smallest absolute Gasteiger partial charge is 0.166 e. The molecule has 1 N–H and O–H groups in total. The van der Waals surface area contributed by atoms with Crippen molar-refractivity contribution >= 4 is 34.8 Å². The lowest BCUT2D eigenvalue weighted by Gasteiger charge is -1.85. The second-order valence-electron chi connectivity index (χ2n) is 2.17. The van der Waals surface area contributed by atoms with Crippen molar-refractivity contribution in [3.05, 3.63) is 27.9 Å². The monoisotopic (exact) mass is 185 g/mol. The highest BCUT2D eigenvalue weighted by atomic mass is 35.5. The van der Waals surface area contributed by atoms with Gasteiger partial charge in [-0.05, 0) is 12.1 Å². The minimum absolute atomic E-state index is 0.608. The van der Waals surface area contributed by atoms with Crippen LogP contribution in [-0.4, -0.2) is 5.16 Å². The van der Waals surface area contributed by atoms with Crippen LogP contribution in [0, 0.1) is 4.64 Å². The van der Waals surface area contributed by atoms with Gasteiger partial charge < -0.3 is 4.52 Å². The maximum Gasteiger partial charge on any atom is 0.166 e. The Morgan fingerprint density at radius 3 is 3.09 bits per heavy atom. The van der Waals surface area contributed by atoms with Gasteiger partial charge in [0, 0.05) is 11.1 Å². The number of fused-ring (bicyclic) bond motifs is 1. The van der Waals surface area contributed by atoms with Crippen molar-refractivity contribution in [2.24, 2.45) is 0 Å². The van der Waals surface area contributed by atoms with Crippen LogP contribution in [0.4, 0.5) is 0 Å². The molecule has 0 amide bonds. The van der Waals surface area contributed by atoms with Gasteiger partial charge in [0.25, 0.3) is 0 Å². The van der Waals surface area contributed by atoms with Crippen LogP contribution in [-0.2, 0) is 0 Å². The topological polar surface area (TPSA) is 28.9 Å². The minimum Gasteiger partial charge on any atom is -0.381 e. The predicted molar refractivity (Wildman–Crippen MR) is 46.4 cm³/mol. The molecule has 11 heavy (non-hydrogen) atoms. The number of nitrogens with one attached hydrogen (secondary N) is 1. The Morgan fingerprint density at radius 1 is 1.45 bits per heavy atom. The molecular weight excluding hydrogens is 182 g/mol. The van der Waals surface area contributed by atoms with E-state index in [1.807, 2.05) is 6.07 Å². The number of aromatic amines is 1. The van der Waals surface area contributed by atoms with Gasteiger partial charge in [-0.25, -0.2) is 5.16 Å². The van der Waals surface area contributed by atoms with Gasteiger partial charge in [-0.2, -0.15) is 0 Å². The first kappa shape index (κ1) is 6.88. The first-order valence-corrected chi connectivity index (χ1v) is 3.83. The Balaban J connectivity index is 2.97. The van der Waals surface area contributed by atoms with Gasteiger partial charge in [0.2, 0.25) is 0 Å². The minimum atomic E-state index is 0.608. The molecule has 56 valence electrons. The highest BCUT2D eigenvalue weighted by Gasteiger charge is 1.99. The lowest BCUT2D eigenvalue weighted by atomic mass is 10.3. The SMILES string of the molecule is S=c1[nH]oc2cc(Cl)ccc12. The summed E-state index contributed by atoms with van der Waals surface area (Å²) in [6, 6.07) is 5.34. The number of rotatable bonds is 0. The molecular formula is C7H4ClNOS. The summed E-state index contributed by atoms with van der Waals surface area (Å²) in [5.41, 5.74) is 0.697. The summed E-state index contributed by atoms with van der Waals surface area (Å²) in [6.45, 7) is 0. The molecule has 0 atom stereocenters. The summed E-state index contributed by atoms with van der Waals surface area (Å²) < 4.78 is 5.62. The lowest BCUT2D eigenvalue weighted by Crippen LogP contribution is -1.64. The fraction of sp³-hybridized carbons (Fsp3) is 0. The standard InChI is InChI=1S/C7H4ClNOS/c8-4-1-2-5-6(3-4)10-9-7(5)11/h1-3H,(H,9,11). The quantitative estimate of drug-likeness (QED) is 0.639. The zero-order valence-electron chi connectivity index (χ0n) is 5.43. The van der Waals surface area contributed by atoms with Crippen molar-refractivity contribution in [2.45, 2.75) is 0 Å². The van der Waals surface area contributed by atoms with E-state index in [0.29, 0.717) is 15.2 Å². The number of benzene rings is 1. The third kappa shape index (κ3) is 1.06. The second-order valence-corrected chi connectivity index (χ2v) is 3.02. The summed E-state index contributed by atoms with van der Waals surface area (Å²) in [4.78, 5) is 0. The number of aromatic nitrogens is 1. The van der Waals surface area contributed by atoms with E-state index in [0.717, 1.165) is 5.39 Å². The molecule has 0 aliphatic rings. The molecule has 0 aliphatic carbocycles. The lowest BCUT2D eigenvalue weighted by molar-refractivity contribution is 0.453. The largest absolute Gasteiger partial charge is 0.381 e. The number of hydrogen-bond acceptors (Lipinski definition) is 2. The fourth-order valence-corrected chi connectivity index (χ4v) is 1.30. The van der Waals surface area contributed by atoms with E-state index in [1.54, 1.807) is 12.1 Å². The highest BCUT2D eigenvalue weighted by molar-refractivity contribution is 7.71. The first-order valence-electron chi connectivity index (χ1n) is 3.04. The molecule has 0 bridgehead atoms. The number of hydrogen-bond donors (Lipinski definition) is 1.